The van der Waals surface area contributed by atoms with Gasteiger partial charge in [0.05, 0.1) is 17.1 Å². The van der Waals surface area contributed by atoms with E-state index in [1.54, 1.807) is 6.92 Å². The topological polar surface area (TPSA) is 84.9 Å². The molecule has 7 heteroatoms. The Balaban J connectivity index is 2.62. The van der Waals surface area contributed by atoms with E-state index in [4.69, 9.17) is 9.31 Å². The molecule has 1 heterocycles. The third-order valence-electron chi connectivity index (χ3n) is 5.93. The van der Waals surface area contributed by atoms with E-state index in [0.29, 0.717) is 12.7 Å². The van der Waals surface area contributed by atoms with Gasteiger partial charge in [0.1, 0.15) is 0 Å². The first-order chi connectivity index (χ1) is 11.9. The van der Waals surface area contributed by atoms with Crippen LogP contribution in [-0.4, -0.2) is 41.3 Å². The van der Waals surface area contributed by atoms with Crippen molar-refractivity contribution >= 4 is 19.0 Å². The predicted octanol–water partition coefficient (Wildman–Crippen LogP) is 3.50. The Hall–Kier alpha value is -1.08. The van der Waals surface area contributed by atoms with Gasteiger partial charge in [0.25, 0.3) is 0 Å². The zero-order valence-electron chi connectivity index (χ0n) is 17.4. The van der Waals surface area contributed by atoms with Crippen molar-refractivity contribution in [2.24, 2.45) is 11.8 Å². The fourth-order valence-electron chi connectivity index (χ4n) is 3.17. The second-order valence-electron chi connectivity index (χ2n) is 8.37. The normalized spacial score (nSPS) is 20.8. The van der Waals surface area contributed by atoms with E-state index in [0.717, 1.165) is 19.3 Å². The molecule has 1 amide bonds. The van der Waals surface area contributed by atoms with E-state index in [9.17, 15) is 14.7 Å². The van der Waals surface area contributed by atoms with Crippen LogP contribution in [0.15, 0.2) is 0 Å². The first-order valence-corrected chi connectivity index (χ1v) is 9.84. The van der Waals surface area contributed by atoms with Crippen LogP contribution in [0.3, 0.4) is 0 Å². The molecule has 26 heavy (non-hydrogen) atoms. The number of amides is 1. The van der Waals surface area contributed by atoms with Crippen molar-refractivity contribution in [2.75, 3.05) is 0 Å². The zero-order chi connectivity index (χ0) is 20.1. The predicted molar refractivity (Wildman–Crippen MR) is 103 cm³/mol. The summed E-state index contributed by atoms with van der Waals surface area (Å²) < 4.78 is 12.0. The lowest BCUT2D eigenvalue weighted by molar-refractivity contribution is -0.142. The molecule has 6 nitrogen and oxygen atoms in total. The van der Waals surface area contributed by atoms with Crippen LogP contribution in [0.4, 0.5) is 0 Å². The Morgan fingerprint density at radius 1 is 1.08 bits per heavy atom. The minimum atomic E-state index is -0.893. The summed E-state index contributed by atoms with van der Waals surface area (Å²) in [5.41, 5.74) is -0.732. The summed E-state index contributed by atoms with van der Waals surface area (Å²) in [5, 5.41) is 12.3. The molecule has 1 aliphatic heterocycles. The smallest absolute Gasteiger partial charge is 0.457 e. The highest BCUT2D eigenvalue weighted by Crippen LogP contribution is 2.38. The van der Waals surface area contributed by atoms with Gasteiger partial charge in [-0.15, -0.1) is 0 Å². The van der Waals surface area contributed by atoms with Crippen molar-refractivity contribution in [1.29, 1.82) is 0 Å². The number of hydrogen-bond acceptors (Lipinski definition) is 4. The molecule has 0 bridgehead atoms. The Kier molecular flexibility index (Phi) is 8.15. The lowest BCUT2D eigenvalue weighted by atomic mass is 9.80. The van der Waals surface area contributed by atoms with Gasteiger partial charge in [-0.25, -0.2) is 0 Å². The molecule has 1 saturated heterocycles. The summed E-state index contributed by atoms with van der Waals surface area (Å²) >= 11 is 0. The Labute approximate surface area is 158 Å². The van der Waals surface area contributed by atoms with Gasteiger partial charge in [0.15, 0.2) is 0 Å². The van der Waals surface area contributed by atoms with E-state index >= 15 is 0 Å². The van der Waals surface area contributed by atoms with Gasteiger partial charge in [-0.05, 0) is 60.2 Å². The molecule has 0 aromatic rings. The summed E-state index contributed by atoms with van der Waals surface area (Å²) in [6, 6.07) is -0.386. The van der Waals surface area contributed by atoms with Crippen LogP contribution in [0, 0.1) is 11.8 Å². The van der Waals surface area contributed by atoms with Gasteiger partial charge in [-0.3, -0.25) is 9.59 Å². The summed E-state index contributed by atoms with van der Waals surface area (Å²) in [6.07, 6.45) is 3.50. The molecule has 2 unspecified atom stereocenters. The molecule has 1 aliphatic rings. The van der Waals surface area contributed by atoms with Crippen LogP contribution in [0.1, 0.15) is 74.1 Å². The highest BCUT2D eigenvalue weighted by Gasteiger charge is 2.50. The van der Waals surface area contributed by atoms with Gasteiger partial charge >= 0.3 is 13.1 Å². The fraction of sp³-hybridized carbons (Fsp3) is 0.895. The van der Waals surface area contributed by atoms with Crippen LogP contribution in [-0.2, 0) is 18.9 Å². The molecule has 0 radical (unpaired) electrons. The van der Waals surface area contributed by atoms with Crippen LogP contribution in [0.25, 0.3) is 0 Å². The van der Waals surface area contributed by atoms with Gasteiger partial charge in [-0.1, -0.05) is 20.3 Å². The largest absolute Gasteiger partial charge is 0.481 e. The first kappa shape index (κ1) is 23.0. The minimum Gasteiger partial charge on any atom is -0.481 e. The highest BCUT2D eigenvalue weighted by molar-refractivity contribution is 6.45. The second kappa shape index (κ2) is 9.22. The Bertz CT molecular complexity index is 474. The van der Waals surface area contributed by atoms with Crippen molar-refractivity contribution in [3.8, 4) is 0 Å². The zero-order valence-corrected chi connectivity index (χ0v) is 17.4. The second-order valence-corrected chi connectivity index (χ2v) is 8.37. The fourth-order valence-corrected chi connectivity index (χ4v) is 3.17. The average molecular weight is 369 g/mol. The van der Waals surface area contributed by atoms with Crippen LogP contribution in [0.2, 0.25) is 6.32 Å². The molecule has 150 valence electrons. The molecule has 2 atom stereocenters. The van der Waals surface area contributed by atoms with Crippen molar-refractivity contribution in [3.05, 3.63) is 0 Å². The molecule has 2 N–H and O–H groups in total. The highest BCUT2D eigenvalue weighted by atomic mass is 16.7. The maximum absolute atomic E-state index is 12.4. The number of carboxylic acid groups (broad SMARTS) is 1. The Morgan fingerprint density at radius 2 is 1.58 bits per heavy atom. The lowest BCUT2D eigenvalue weighted by Crippen LogP contribution is -2.44. The van der Waals surface area contributed by atoms with Crippen molar-refractivity contribution in [3.63, 3.8) is 0 Å². The maximum atomic E-state index is 12.4. The summed E-state index contributed by atoms with van der Waals surface area (Å²) in [7, 11) is -0.296. The van der Waals surface area contributed by atoms with Crippen molar-refractivity contribution < 1.29 is 24.0 Å². The number of aliphatic carboxylic acids is 1. The van der Waals surface area contributed by atoms with Crippen LogP contribution in [0.5, 0.6) is 0 Å². The van der Waals surface area contributed by atoms with E-state index in [2.05, 4.69) is 5.32 Å². The molecule has 0 aromatic heterocycles. The quantitative estimate of drug-likeness (QED) is 0.576. The molecule has 0 saturated carbocycles. The molecule has 0 aliphatic carbocycles. The molecule has 0 spiro atoms. The Morgan fingerprint density at radius 3 is 2.00 bits per heavy atom. The van der Waals surface area contributed by atoms with Gasteiger partial charge in [-0.2, -0.15) is 0 Å². The summed E-state index contributed by atoms with van der Waals surface area (Å²) in [5.74, 6) is -1.65. The van der Waals surface area contributed by atoms with E-state index in [1.165, 1.54) is 0 Å². The third kappa shape index (κ3) is 5.71. The lowest BCUT2D eigenvalue weighted by Gasteiger charge is -2.32. The van der Waals surface area contributed by atoms with Crippen molar-refractivity contribution in [1.82, 2.24) is 5.32 Å². The average Bonchev–Trinajstić information content (AvgIpc) is 2.73. The maximum Gasteiger partial charge on any atom is 0.457 e. The van der Waals surface area contributed by atoms with E-state index < -0.39 is 11.9 Å². The van der Waals surface area contributed by atoms with Gasteiger partial charge in [0.2, 0.25) is 5.91 Å². The number of rotatable bonds is 10. The van der Waals surface area contributed by atoms with Crippen molar-refractivity contribution in [2.45, 2.75) is 97.7 Å². The molecular formula is C19H36BNO5. The molecule has 1 fully saturated rings. The molecule has 0 aromatic carbocycles. The van der Waals surface area contributed by atoms with Crippen LogP contribution < -0.4 is 5.32 Å². The number of nitrogens with one attached hydrogen (secondary N) is 1. The monoisotopic (exact) mass is 369 g/mol. The van der Waals surface area contributed by atoms with Gasteiger partial charge < -0.3 is 19.7 Å². The molecule has 1 rings (SSSR count). The van der Waals surface area contributed by atoms with Gasteiger partial charge in [0, 0.05) is 12.0 Å². The summed E-state index contributed by atoms with van der Waals surface area (Å²) in [6.45, 7) is 13.6. The first-order valence-electron chi connectivity index (χ1n) is 9.84. The third-order valence-corrected chi connectivity index (χ3v) is 5.93. The number of hydrogen-bond donors (Lipinski definition) is 2. The van der Waals surface area contributed by atoms with Crippen LogP contribution >= 0.6 is 0 Å². The number of carbonyl (C=O) groups excluding carboxylic acids is 1. The number of carboxylic acids is 1. The molecular weight excluding hydrogens is 333 g/mol. The SMILES string of the molecule is CCC(CC)C(=O)NC(CCCB1OC(C)(C)C(C)(C)O1)C(C)C(=O)O. The number of carbonyl (C=O) groups is 2. The van der Waals surface area contributed by atoms with E-state index in [-0.39, 0.29) is 36.2 Å². The van der Waals surface area contributed by atoms with E-state index in [1.807, 2.05) is 41.5 Å². The summed E-state index contributed by atoms with van der Waals surface area (Å²) in [4.78, 5) is 23.8. The standard InChI is InChI=1S/C19H36BNO5/c1-8-14(9-2)16(22)21-15(13(3)17(23)24)11-10-12-20-25-18(4,5)19(6,7)26-20/h13-15H,8-12H2,1-7H3,(H,21,22)(H,23,24). The minimum absolute atomic E-state index is 0.0521.